The predicted molar refractivity (Wildman–Crippen MR) is 150 cm³/mol. The van der Waals surface area contributed by atoms with E-state index in [1.54, 1.807) is 11.3 Å². The maximum Gasteiger partial charge on any atom is 0.248 e. The molecule has 6 rings (SSSR count). The van der Waals surface area contributed by atoms with Crippen LogP contribution in [0.3, 0.4) is 0 Å². The fourth-order valence-electron chi connectivity index (χ4n) is 5.28. The number of carbonyl (C=O) groups is 1. The smallest absolute Gasteiger partial charge is 0.248 e. The van der Waals surface area contributed by atoms with Gasteiger partial charge in [0, 0.05) is 23.9 Å². The van der Waals surface area contributed by atoms with Crippen molar-refractivity contribution < 1.29 is 4.79 Å². The number of likely N-dealkylation sites (tertiary alicyclic amines) is 1. The highest BCUT2D eigenvalue weighted by Gasteiger charge is 2.28. The molecule has 2 aromatic heterocycles. The van der Waals surface area contributed by atoms with E-state index in [0.717, 1.165) is 59.6 Å². The first-order valence-corrected chi connectivity index (χ1v) is 13.5. The number of benzene rings is 2. The number of nitrogens with one attached hydrogen (secondary N) is 1. The molecule has 0 spiro atoms. The van der Waals surface area contributed by atoms with E-state index in [2.05, 4.69) is 41.5 Å². The summed E-state index contributed by atoms with van der Waals surface area (Å²) in [5.41, 5.74) is 10.2. The fraction of sp³-hybridized carbons (Fsp3) is 0.286. The third kappa shape index (κ3) is 4.68. The zero-order valence-electron chi connectivity index (χ0n) is 20.7. The van der Waals surface area contributed by atoms with E-state index in [1.165, 1.54) is 5.56 Å². The van der Waals surface area contributed by atoms with Crippen LogP contribution in [0.15, 0.2) is 65.1 Å². The van der Waals surface area contributed by atoms with Gasteiger partial charge in [-0.2, -0.15) is 10.1 Å². The first kappa shape index (κ1) is 23.6. The molecule has 4 aromatic rings. The number of hydrazone groups is 1. The van der Waals surface area contributed by atoms with E-state index in [-0.39, 0.29) is 6.04 Å². The van der Waals surface area contributed by atoms with Crippen LogP contribution in [0, 0.1) is 0 Å². The number of carbonyl (C=O) groups excluding carboxylic acids is 1. The molecule has 188 valence electrons. The Hall–Kier alpha value is -3.82. The van der Waals surface area contributed by atoms with Gasteiger partial charge in [-0.05, 0) is 79.7 Å². The molecule has 0 aliphatic carbocycles. The van der Waals surface area contributed by atoms with Crippen molar-refractivity contribution in [2.45, 2.75) is 31.2 Å². The van der Waals surface area contributed by atoms with Crippen LogP contribution in [0.5, 0.6) is 0 Å². The van der Waals surface area contributed by atoms with Crippen LogP contribution in [0.2, 0.25) is 0 Å². The third-order valence-corrected chi connectivity index (χ3v) is 8.15. The Bertz CT molecular complexity index is 1460. The van der Waals surface area contributed by atoms with Gasteiger partial charge in [-0.1, -0.05) is 30.3 Å². The predicted octanol–water partition coefficient (Wildman–Crippen LogP) is 5.28. The molecular weight excluding hydrogens is 482 g/mol. The molecule has 0 saturated carbocycles. The lowest BCUT2D eigenvalue weighted by molar-refractivity contribution is 0.0998. The van der Waals surface area contributed by atoms with Crippen LogP contribution in [0.1, 0.15) is 52.7 Å². The maximum absolute atomic E-state index is 12.2. The van der Waals surface area contributed by atoms with Crippen molar-refractivity contribution in [2.75, 3.05) is 30.5 Å². The largest absolute Gasteiger partial charge is 0.366 e. The van der Waals surface area contributed by atoms with Gasteiger partial charge >= 0.3 is 0 Å². The first-order valence-electron chi connectivity index (χ1n) is 12.6. The number of primary amides is 1. The molecule has 8 nitrogen and oxygen atoms in total. The fourth-order valence-corrected chi connectivity index (χ4v) is 6.09. The second-order valence-electron chi connectivity index (χ2n) is 9.68. The minimum absolute atomic E-state index is 0.0835. The SMILES string of the molecule is CN1CCC(c2cc(Nc3nc(N4N=CCC4c4ccccc4)c4sccc4n3)ccc2C(N)=O)CC1. The van der Waals surface area contributed by atoms with Crippen LogP contribution in [-0.2, 0) is 0 Å². The molecule has 3 N–H and O–H groups in total. The van der Waals surface area contributed by atoms with E-state index >= 15 is 0 Å². The molecule has 37 heavy (non-hydrogen) atoms. The molecule has 1 fully saturated rings. The molecular formula is C28H29N7OS. The Kier molecular flexibility index (Phi) is 6.31. The van der Waals surface area contributed by atoms with Crippen molar-refractivity contribution in [3.63, 3.8) is 0 Å². The van der Waals surface area contributed by atoms with Crippen molar-refractivity contribution >= 4 is 51.1 Å². The maximum atomic E-state index is 12.2. The molecule has 2 aromatic carbocycles. The summed E-state index contributed by atoms with van der Waals surface area (Å²) in [5, 5.41) is 12.1. The Balaban J connectivity index is 1.35. The minimum atomic E-state index is -0.391. The van der Waals surface area contributed by atoms with Crippen molar-refractivity contribution in [1.29, 1.82) is 0 Å². The van der Waals surface area contributed by atoms with Gasteiger partial charge in [-0.15, -0.1) is 11.3 Å². The molecule has 1 saturated heterocycles. The summed E-state index contributed by atoms with van der Waals surface area (Å²) in [7, 11) is 2.13. The lowest BCUT2D eigenvalue weighted by Gasteiger charge is -2.30. The molecule has 1 unspecified atom stereocenters. The quantitative estimate of drug-likeness (QED) is 0.365. The number of thiophene rings is 1. The van der Waals surface area contributed by atoms with E-state index < -0.39 is 5.91 Å². The van der Waals surface area contributed by atoms with Gasteiger partial charge in [0.2, 0.25) is 11.9 Å². The highest BCUT2D eigenvalue weighted by Crippen LogP contribution is 2.39. The number of hydrogen-bond acceptors (Lipinski definition) is 8. The van der Waals surface area contributed by atoms with Gasteiger partial charge in [-0.25, -0.2) is 9.99 Å². The van der Waals surface area contributed by atoms with Crippen molar-refractivity contribution in [3.8, 4) is 0 Å². The van der Waals surface area contributed by atoms with Gasteiger partial charge in [0.25, 0.3) is 0 Å². The number of hydrogen-bond donors (Lipinski definition) is 2. The minimum Gasteiger partial charge on any atom is -0.366 e. The van der Waals surface area contributed by atoms with Crippen molar-refractivity contribution in [3.05, 3.63) is 76.7 Å². The first-order chi connectivity index (χ1) is 18.1. The Morgan fingerprint density at radius 2 is 1.89 bits per heavy atom. The van der Waals surface area contributed by atoms with Gasteiger partial charge in [-0.3, -0.25) is 4.79 Å². The zero-order valence-corrected chi connectivity index (χ0v) is 21.5. The molecule has 0 radical (unpaired) electrons. The molecule has 1 atom stereocenters. The number of nitrogens with zero attached hydrogens (tertiary/aromatic N) is 5. The van der Waals surface area contributed by atoms with Gasteiger partial charge in [0.1, 0.15) is 0 Å². The van der Waals surface area contributed by atoms with Crippen molar-refractivity contribution in [1.82, 2.24) is 14.9 Å². The second kappa shape index (κ2) is 9.91. The lowest BCUT2D eigenvalue weighted by atomic mass is 9.86. The summed E-state index contributed by atoms with van der Waals surface area (Å²) < 4.78 is 1.00. The number of amides is 1. The van der Waals surface area contributed by atoms with Crippen LogP contribution in [-0.4, -0.2) is 47.1 Å². The highest BCUT2D eigenvalue weighted by molar-refractivity contribution is 7.17. The molecule has 4 heterocycles. The van der Waals surface area contributed by atoms with Crippen LogP contribution < -0.4 is 16.1 Å². The summed E-state index contributed by atoms with van der Waals surface area (Å²) in [6.45, 7) is 2.00. The van der Waals surface area contributed by atoms with Gasteiger partial charge in [0.15, 0.2) is 5.82 Å². The Morgan fingerprint density at radius 1 is 1.08 bits per heavy atom. The highest BCUT2D eigenvalue weighted by atomic mass is 32.1. The number of fused-ring (bicyclic) bond motifs is 1. The van der Waals surface area contributed by atoms with E-state index in [4.69, 9.17) is 20.8 Å². The van der Waals surface area contributed by atoms with Crippen LogP contribution in [0.25, 0.3) is 10.2 Å². The summed E-state index contributed by atoms with van der Waals surface area (Å²) in [6.07, 6.45) is 4.76. The van der Waals surface area contributed by atoms with Crippen molar-refractivity contribution in [2.24, 2.45) is 10.8 Å². The summed E-state index contributed by atoms with van der Waals surface area (Å²) in [5.74, 6) is 1.18. The third-order valence-electron chi connectivity index (χ3n) is 7.25. The van der Waals surface area contributed by atoms with E-state index in [9.17, 15) is 4.79 Å². The normalized spacial score (nSPS) is 18.5. The van der Waals surface area contributed by atoms with Gasteiger partial charge in [0.05, 0.1) is 16.3 Å². The second-order valence-corrected chi connectivity index (χ2v) is 10.6. The summed E-state index contributed by atoms with van der Waals surface area (Å²) in [4.78, 5) is 24.2. The summed E-state index contributed by atoms with van der Waals surface area (Å²) in [6, 6.07) is 18.2. The van der Waals surface area contributed by atoms with E-state index in [1.807, 2.05) is 46.9 Å². The molecule has 0 bridgehead atoms. The number of rotatable bonds is 6. The average molecular weight is 512 g/mol. The summed E-state index contributed by atoms with van der Waals surface area (Å²) >= 11 is 1.62. The number of piperidine rings is 1. The molecule has 1 amide bonds. The van der Waals surface area contributed by atoms with E-state index in [0.29, 0.717) is 17.4 Å². The van der Waals surface area contributed by atoms with Gasteiger partial charge < -0.3 is 16.0 Å². The number of aromatic nitrogens is 2. The van der Waals surface area contributed by atoms with Crippen LogP contribution in [0.4, 0.5) is 17.5 Å². The molecule has 9 heteroatoms. The average Bonchev–Trinajstić information content (AvgIpc) is 3.59. The van der Waals surface area contributed by atoms with Crippen LogP contribution >= 0.6 is 11.3 Å². The zero-order chi connectivity index (χ0) is 25.4. The topological polar surface area (TPSA) is 99.7 Å². The Morgan fingerprint density at radius 3 is 2.68 bits per heavy atom. The monoisotopic (exact) mass is 511 g/mol. The molecule has 2 aliphatic rings. The molecule has 2 aliphatic heterocycles. The lowest BCUT2D eigenvalue weighted by Crippen LogP contribution is -2.30. The number of anilines is 3. The number of nitrogens with two attached hydrogens (primary N) is 1. The Labute approximate surface area is 219 Å². The standard InChI is InChI=1S/C28H29N7OS/c1-34-14-10-18(11-15-34)22-17-20(7-8-21(22)26(29)36)31-28-32-23-12-16-37-25(23)27(33-28)35-24(9-13-30-35)19-5-3-2-4-6-19/h2-8,12-13,16-18,24H,9-11,14-15H2,1H3,(H2,29,36)(H,31,32,33).